The van der Waals surface area contributed by atoms with Gasteiger partial charge in [0, 0.05) is 36.8 Å². The molecule has 3 heterocycles. The van der Waals surface area contributed by atoms with Crippen LogP contribution in [0, 0.1) is 11.8 Å². The first kappa shape index (κ1) is 20.7. The van der Waals surface area contributed by atoms with Gasteiger partial charge in [0.25, 0.3) is 11.5 Å². The third kappa shape index (κ3) is 3.10. The van der Waals surface area contributed by atoms with E-state index in [-0.39, 0.29) is 16.9 Å². The number of hydrogen-bond donors (Lipinski definition) is 2. The van der Waals surface area contributed by atoms with Crippen LogP contribution in [-0.4, -0.2) is 58.0 Å². The van der Waals surface area contributed by atoms with Gasteiger partial charge < -0.3 is 15.0 Å². The Kier molecular flexibility index (Phi) is 4.54. The minimum atomic E-state index is -0.250. The number of phenolic OH excluding ortho intramolecular Hbond substituents is 1. The lowest BCUT2D eigenvalue weighted by molar-refractivity contribution is 0.00458. The van der Waals surface area contributed by atoms with Crippen molar-refractivity contribution < 1.29 is 9.90 Å². The Balaban J connectivity index is 1.31. The molecule has 6 heteroatoms. The number of likely N-dealkylation sites (tertiary alicyclic amines) is 2. The van der Waals surface area contributed by atoms with Crippen LogP contribution < -0.4 is 5.56 Å². The molecule has 1 aromatic heterocycles. The molecule has 2 aromatic rings. The molecular formula is C28H33N3O3. The molecular weight excluding hydrogens is 426 g/mol. The highest BCUT2D eigenvalue weighted by atomic mass is 16.3. The molecule has 3 aliphatic carbocycles. The van der Waals surface area contributed by atoms with Crippen LogP contribution in [0.4, 0.5) is 0 Å². The number of carbonyl (C=O) groups excluding carboxylic acids is 1. The maximum atomic E-state index is 13.1. The predicted molar refractivity (Wildman–Crippen MR) is 129 cm³/mol. The van der Waals surface area contributed by atoms with Gasteiger partial charge in [0.1, 0.15) is 11.3 Å². The SMILES string of the molecule is O=C(c1cc2c([nH]c1=O)C[C@]13CCN(CC4CC4)[C@H](Cc4ccc(O)cc41)[C@@H]3C2)N1CCCC1. The Morgan fingerprint density at radius 2 is 1.91 bits per heavy atom. The van der Waals surface area contributed by atoms with E-state index < -0.39 is 0 Å². The van der Waals surface area contributed by atoms with Gasteiger partial charge in [-0.15, -0.1) is 0 Å². The fourth-order valence-electron chi connectivity index (χ4n) is 7.61. The topological polar surface area (TPSA) is 76.6 Å². The molecule has 7 rings (SSSR count). The lowest BCUT2D eigenvalue weighted by Crippen LogP contribution is -2.63. The molecule has 1 saturated carbocycles. The van der Waals surface area contributed by atoms with Crippen molar-refractivity contribution in [2.24, 2.45) is 11.8 Å². The minimum absolute atomic E-state index is 0.0620. The number of H-pyrrole nitrogens is 1. The van der Waals surface area contributed by atoms with E-state index in [0.29, 0.717) is 23.3 Å². The van der Waals surface area contributed by atoms with E-state index in [1.165, 1.54) is 30.5 Å². The summed E-state index contributed by atoms with van der Waals surface area (Å²) < 4.78 is 0. The van der Waals surface area contributed by atoms with E-state index in [0.717, 1.165) is 75.3 Å². The van der Waals surface area contributed by atoms with Crippen LogP contribution in [-0.2, 0) is 24.7 Å². The molecule has 0 radical (unpaired) electrons. The zero-order valence-electron chi connectivity index (χ0n) is 19.7. The Hall–Kier alpha value is -2.60. The number of nitrogens with zero attached hydrogens (tertiary/aromatic N) is 2. The van der Waals surface area contributed by atoms with Gasteiger partial charge >= 0.3 is 0 Å². The third-order valence-corrected chi connectivity index (χ3v) is 9.51. The molecule has 1 amide bonds. The van der Waals surface area contributed by atoms with E-state index in [1.54, 1.807) is 0 Å². The summed E-state index contributed by atoms with van der Waals surface area (Å²) in [6.07, 6.45) is 8.48. The maximum absolute atomic E-state index is 13.1. The summed E-state index contributed by atoms with van der Waals surface area (Å²) in [4.78, 5) is 33.8. The molecule has 5 aliphatic rings. The fraction of sp³-hybridized carbons (Fsp3) is 0.571. The predicted octanol–water partition coefficient (Wildman–Crippen LogP) is 3.01. The number of benzene rings is 1. The van der Waals surface area contributed by atoms with Crippen LogP contribution in [0.25, 0.3) is 0 Å². The van der Waals surface area contributed by atoms with E-state index in [4.69, 9.17) is 0 Å². The number of pyridine rings is 1. The second-order valence-electron chi connectivity index (χ2n) is 11.5. The van der Waals surface area contributed by atoms with Crippen LogP contribution in [0.3, 0.4) is 0 Å². The number of nitrogens with one attached hydrogen (secondary N) is 1. The normalized spacial score (nSPS) is 29.9. The van der Waals surface area contributed by atoms with Gasteiger partial charge in [-0.05, 0) is 105 Å². The lowest BCUT2D eigenvalue weighted by Gasteiger charge is -2.59. The smallest absolute Gasteiger partial charge is 0.261 e. The maximum Gasteiger partial charge on any atom is 0.261 e. The highest BCUT2D eigenvalue weighted by Crippen LogP contribution is 2.55. The Bertz CT molecular complexity index is 1230. The van der Waals surface area contributed by atoms with Crippen LogP contribution in [0.15, 0.2) is 29.1 Å². The molecule has 2 aliphatic heterocycles. The van der Waals surface area contributed by atoms with Crippen LogP contribution in [0.5, 0.6) is 5.75 Å². The standard InChI is InChI=1S/C28H33N3O3/c32-20-6-5-18-13-25-23-12-19-11-21(27(34)30-8-1-2-9-30)26(33)29-24(19)15-28(23,22(18)14-20)7-10-31(25)16-17-3-4-17/h5-6,11,14,17,23,25,32H,1-4,7-10,12-13,15-16H2,(H,29,33)/t23-,25+,28+/m0/s1. The van der Waals surface area contributed by atoms with Gasteiger partial charge in [-0.1, -0.05) is 6.07 Å². The van der Waals surface area contributed by atoms with Crippen molar-refractivity contribution >= 4 is 5.91 Å². The van der Waals surface area contributed by atoms with Crippen LogP contribution in [0.1, 0.15) is 64.8 Å². The van der Waals surface area contributed by atoms with Gasteiger partial charge in [0.15, 0.2) is 0 Å². The van der Waals surface area contributed by atoms with Crippen molar-refractivity contribution in [2.75, 3.05) is 26.2 Å². The van der Waals surface area contributed by atoms with Crippen molar-refractivity contribution in [3.8, 4) is 5.75 Å². The molecule has 34 heavy (non-hydrogen) atoms. The quantitative estimate of drug-likeness (QED) is 0.740. The molecule has 0 spiro atoms. The van der Waals surface area contributed by atoms with Crippen LogP contribution in [0.2, 0.25) is 0 Å². The van der Waals surface area contributed by atoms with E-state index in [2.05, 4.69) is 16.0 Å². The number of aromatic nitrogens is 1. The van der Waals surface area contributed by atoms with Gasteiger partial charge in [0.2, 0.25) is 0 Å². The van der Waals surface area contributed by atoms with Crippen molar-refractivity contribution in [1.29, 1.82) is 0 Å². The lowest BCUT2D eigenvalue weighted by atomic mass is 9.52. The molecule has 6 nitrogen and oxygen atoms in total. The zero-order valence-corrected chi connectivity index (χ0v) is 19.7. The number of rotatable bonds is 3. The summed E-state index contributed by atoms with van der Waals surface area (Å²) >= 11 is 0. The van der Waals surface area contributed by atoms with E-state index >= 15 is 0 Å². The second kappa shape index (κ2) is 7.45. The summed E-state index contributed by atoms with van der Waals surface area (Å²) in [6.45, 7) is 3.78. The summed E-state index contributed by atoms with van der Waals surface area (Å²) in [7, 11) is 0. The summed E-state index contributed by atoms with van der Waals surface area (Å²) in [5.41, 5.74) is 4.77. The summed E-state index contributed by atoms with van der Waals surface area (Å²) in [6, 6.07) is 8.33. The van der Waals surface area contributed by atoms with Gasteiger partial charge in [-0.3, -0.25) is 14.5 Å². The fourth-order valence-corrected chi connectivity index (χ4v) is 7.61. The number of carbonyl (C=O) groups is 1. The zero-order chi connectivity index (χ0) is 23.0. The molecule has 3 atom stereocenters. The Morgan fingerprint density at radius 3 is 2.71 bits per heavy atom. The first-order chi connectivity index (χ1) is 16.5. The first-order valence-electron chi connectivity index (χ1n) is 13.1. The first-order valence-corrected chi connectivity index (χ1v) is 13.1. The van der Waals surface area contributed by atoms with Gasteiger partial charge in [-0.25, -0.2) is 0 Å². The van der Waals surface area contributed by atoms with E-state index in [9.17, 15) is 14.7 Å². The highest BCUT2D eigenvalue weighted by molar-refractivity contribution is 5.94. The Labute approximate surface area is 200 Å². The number of fused-ring (bicyclic) bond motifs is 2. The third-order valence-electron chi connectivity index (χ3n) is 9.51. The van der Waals surface area contributed by atoms with Gasteiger partial charge in [0.05, 0.1) is 0 Å². The number of amides is 1. The molecule has 178 valence electrons. The monoisotopic (exact) mass is 459 g/mol. The van der Waals surface area contributed by atoms with Crippen molar-refractivity contribution in [3.63, 3.8) is 0 Å². The average molecular weight is 460 g/mol. The average Bonchev–Trinajstić information content (AvgIpc) is 3.47. The van der Waals surface area contributed by atoms with Crippen molar-refractivity contribution in [2.45, 2.75) is 62.8 Å². The molecule has 1 aromatic carbocycles. The van der Waals surface area contributed by atoms with Crippen molar-refractivity contribution in [1.82, 2.24) is 14.8 Å². The summed E-state index contributed by atoms with van der Waals surface area (Å²) in [5.74, 6) is 1.50. The number of hydrogen-bond acceptors (Lipinski definition) is 4. The molecule has 3 fully saturated rings. The molecule has 2 N–H and O–H groups in total. The highest BCUT2D eigenvalue weighted by Gasteiger charge is 2.55. The molecule has 2 bridgehead atoms. The number of piperidine rings is 1. The molecule has 0 unspecified atom stereocenters. The number of aromatic amines is 1. The number of phenols is 1. The Morgan fingerprint density at radius 1 is 1.09 bits per heavy atom. The minimum Gasteiger partial charge on any atom is -0.508 e. The van der Waals surface area contributed by atoms with E-state index in [1.807, 2.05) is 23.1 Å². The largest absolute Gasteiger partial charge is 0.508 e. The number of aromatic hydroxyl groups is 1. The van der Waals surface area contributed by atoms with Crippen LogP contribution >= 0.6 is 0 Å². The van der Waals surface area contributed by atoms with Crippen molar-refractivity contribution in [3.05, 3.63) is 62.6 Å². The summed E-state index contributed by atoms with van der Waals surface area (Å²) in [5, 5.41) is 10.4. The molecule has 2 saturated heterocycles. The van der Waals surface area contributed by atoms with Gasteiger partial charge in [-0.2, -0.15) is 0 Å². The second-order valence-corrected chi connectivity index (χ2v) is 11.5.